The van der Waals surface area contributed by atoms with Gasteiger partial charge in [-0.15, -0.1) is 0 Å². The van der Waals surface area contributed by atoms with E-state index in [0.29, 0.717) is 13.2 Å². The van der Waals surface area contributed by atoms with Crippen molar-refractivity contribution in [3.8, 4) is 11.5 Å². The van der Waals surface area contributed by atoms with Gasteiger partial charge >= 0.3 is 5.97 Å². The third kappa shape index (κ3) is 8.19. The van der Waals surface area contributed by atoms with Crippen molar-refractivity contribution in [2.45, 2.75) is 26.2 Å². The van der Waals surface area contributed by atoms with Gasteiger partial charge in [0.1, 0.15) is 6.61 Å². The largest absolute Gasteiger partial charge is 0.493 e. The SMILES string of the molecule is COc1ccccc1OCCNCCCCCOC(C)=O. The Balaban J connectivity index is 1.96. The molecule has 0 saturated carbocycles. The fraction of sp³-hybridized carbons (Fsp3) is 0.562. The first kappa shape index (κ1) is 17.3. The third-order valence-corrected chi connectivity index (χ3v) is 2.91. The highest BCUT2D eigenvalue weighted by Gasteiger charge is 2.01. The lowest BCUT2D eigenvalue weighted by Gasteiger charge is -2.10. The summed E-state index contributed by atoms with van der Waals surface area (Å²) in [5, 5.41) is 3.32. The van der Waals surface area contributed by atoms with E-state index in [1.54, 1.807) is 7.11 Å². The number of unbranched alkanes of at least 4 members (excludes halogenated alkanes) is 2. The topological polar surface area (TPSA) is 56.8 Å². The number of methoxy groups -OCH3 is 1. The molecule has 0 saturated heterocycles. The highest BCUT2D eigenvalue weighted by atomic mass is 16.5. The second-order valence-electron chi connectivity index (χ2n) is 4.65. The van der Waals surface area contributed by atoms with Gasteiger partial charge in [-0.25, -0.2) is 0 Å². The molecule has 0 aliphatic carbocycles. The second-order valence-corrected chi connectivity index (χ2v) is 4.65. The number of carbonyl (C=O) groups excluding carboxylic acids is 1. The molecule has 0 unspecified atom stereocenters. The molecule has 0 radical (unpaired) electrons. The highest BCUT2D eigenvalue weighted by Crippen LogP contribution is 2.25. The summed E-state index contributed by atoms with van der Waals surface area (Å²) in [6.07, 6.45) is 3.03. The van der Waals surface area contributed by atoms with E-state index in [1.165, 1.54) is 6.92 Å². The van der Waals surface area contributed by atoms with Gasteiger partial charge in [-0.2, -0.15) is 0 Å². The Morgan fingerprint density at radius 1 is 1.05 bits per heavy atom. The molecule has 0 heterocycles. The predicted octanol–water partition coefficient (Wildman–Crippen LogP) is 2.40. The standard InChI is InChI=1S/C16H25NO4/c1-14(18)20-12-7-3-6-10-17-11-13-21-16-9-5-4-8-15(16)19-2/h4-5,8-9,17H,3,6-7,10-13H2,1-2H3. The van der Waals surface area contributed by atoms with E-state index in [0.717, 1.165) is 43.9 Å². The minimum atomic E-state index is -0.207. The lowest BCUT2D eigenvalue weighted by Crippen LogP contribution is -2.22. The van der Waals surface area contributed by atoms with Gasteiger partial charge in [0, 0.05) is 13.5 Å². The van der Waals surface area contributed by atoms with E-state index in [9.17, 15) is 4.79 Å². The van der Waals surface area contributed by atoms with Crippen molar-refractivity contribution in [2.24, 2.45) is 0 Å². The van der Waals surface area contributed by atoms with Crippen molar-refractivity contribution in [3.05, 3.63) is 24.3 Å². The van der Waals surface area contributed by atoms with Crippen LogP contribution in [-0.2, 0) is 9.53 Å². The molecule has 0 aromatic heterocycles. The Labute approximate surface area is 126 Å². The van der Waals surface area contributed by atoms with Gasteiger partial charge in [-0.3, -0.25) is 4.79 Å². The van der Waals surface area contributed by atoms with Crippen LogP contribution in [0.15, 0.2) is 24.3 Å². The van der Waals surface area contributed by atoms with E-state index in [2.05, 4.69) is 5.32 Å². The van der Waals surface area contributed by atoms with E-state index in [1.807, 2.05) is 24.3 Å². The molecule has 1 aromatic carbocycles. The highest BCUT2D eigenvalue weighted by molar-refractivity contribution is 5.65. The third-order valence-electron chi connectivity index (χ3n) is 2.91. The van der Waals surface area contributed by atoms with Gasteiger partial charge in [0.15, 0.2) is 11.5 Å². The fourth-order valence-electron chi connectivity index (χ4n) is 1.84. The van der Waals surface area contributed by atoms with Gasteiger partial charge in [-0.1, -0.05) is 12.1 Å². The number of ether oxygens (including phenoxy) is 3. The van der Waals surface area contributed by atoms with Crippen LogP contribution in [-0.4, -0.2) is 39.4 Å². The fourth-order valence-corrected chi connectivity index (χ4v) is 1.84. The van der Waals surface area contributed by atoms with Crippen molar-refractivity contribution >= 4 is 5.97 Å². The van der Waals surface area contributed by atoms with Gasteiger partial charge in [0.25, 0.3) is 0 Å². The number of esters is 1. The number of para-hydroxylation sites is 2. The average Bonchev–Trinajstić information content (AvgIpc) is 2.49. The molecule has 0 aliphatic heterocycles. The van der Waals surface area contributed by atoms with Crippen LogP contribution in [0.25, 0.3) is 0 Å². The first-order valence-electron chi connectivity index (χ1n) is 7.34. The van der Waals surface area contributed by atoms with E-state index in [4.69, 9.17) is 14.2 Å². The van der Waals surface area contributed by atoms with Crippen molar-refractivity contribution in [1.82, 2.24) is 5.32 Å². The molecular weight excluding hydrogens is 270 g/mol. The van der Waals surface area contributed by atoms with Crippen LogP contribution in [0, 0.1) is 0 Å². The van der Waals surface area contributed by atoms with E-state index < -0.39 is 0 Å². The lowest BCUT2D eigenvalue weighted by atomic mass is 10.2. The number of hydrogen-bond donors (Lipinski definition) is 1. The minimum Gasteiger partial charge on any atom is -0.493 e. The maximum Gasteiger partial charge on any atom is 0.302 e. The molecule has 0 atom stereocenters. The smallest absolute Gasteiger partial charge is 0.302 e. The Morgan fingerprint density at radius 2 is 1.81 bits per heavy atom. The number of rotatable bonds is 11. The van der Waals surface area contributed by atoms with Gasteiger partial charge in [0.05, 0.1) is 13.7 Å². The van der Waals surface area contributed by atoms with Gasteiger partial charge < -0.3 is 19.5 Å². The maximum atomic E-state index is 10.6. The normalized spacial score (nSPS) is 10.2. The molecule has 1 aromatic rings. The molecule has 21 heavy (non-hydrogen) atoms. The van der Waals surface area contributed by atoms with Crippen LogP contribution < -0.4 is 14.8 Å². The van der Waals surface area contributed by atoms with Crippen LogP contribution in [0.4, 0.5) is 0 Å². The average molecular weight is 295 g/mol. The molecule has 118 valence electrons. The summed E-state index contributed by atoms with van der Waals surface area (Å²) in [5.41, 5.74) is 0. The van der Waals surface area contributed by atoms with Gasteiger partial charge in [0.2, 0.25) is 0 Å². The summed E-state index contributed by atoms with van der Waals surface area (Å²) in [5.74, 6) is 1.31. The molecule has 0 fully saturated rings. The Hall–Kier alpha value is -1.75. The van der Waals surface area contributed by atoms with Crippen LogP contribution in [0.1, 0.15) is 26.2 Å². The van der Waals surface area contributed by atoms with Crippen molar-refractivity contribution in [2.75, 3.05) is 33.4 Å². The number of benzene rings is 1. The summed E-state index contributed by atoms with van der Waals surface area (Å²) in [7, 11) is 1.64. The zero-order valence-electron chi connectivity index (χ0n) is 12.9. The molecule has 0 amide bonds. The summed E-state index contributed by atoms with van der Waals surface area (Å²) < 4.78 is 15.7. The number of carbonyl (C=O) groups is 1. The molecule has 1 rings (SSSR count). The van der Waals surface area contributed by atoms with Crippen molar-refractivity contribution in [3.63, 3.8) is 0 Å². The number of nitrogens with one attached hydrogen (secondary N) is 1. The van der Waals surface area contributed by atoms with Crippen molar-refractivity contribution < 1.29 is 19.0 Å². The first-order valence-corrected chi connectivity index (χ1v) is 7.34. The van der Waals surface area contributed by atoms with Crippen LogP contribution in [0.3, 0.4) is 0 Å². The minimum absolute atomic E-state index is 0.207. The molecule has 5 heteroatoms. The summed E-state index contributed by atoms with van der Waals surface area (Å²) >= 11 is 0. The monoisotopic (exact) mass is 295 g/mol. The first-order chi connectivity index (χ1) is 10.2. The quantitative estimate of drug-likeness (QED) is 0.502. The summed E-state index contributed by atoms with van der Waals surface area (Å²) in [6.45, 7) is 4.29. The van der Waals surface area contributed by atoms with Crippen molar-refractivity contribution in [1.29, 1.82) is 0 Å². The molecular formula is C16H25NO4. The Morgan fingerprint density at radius 3 is 2.52 bits per heavy atom. The summed E-state index contributed by atoms with van der Waals surface area (Å²) in [6, 6.07) is 7.62. The summed E-state index contributed by atoms with van der Waals surface area (Å²) in [4.78, 5) is 10.6. The lowest BCUT2D eigenvalue weighted by molar-refractivity contribution is -0.141. The zero-order valence-corrected chi connectivity index (χ0v) is 12.9. The maximum absolute atomic E-state index is 10.6. The van der Waals surface area contributed by atoms with E-state index in [-0.39, 0.29) is 5.97 Å². The zero-order chi connectivity index (χ0) is 15.3. The molecule has 0 aliphatic rings. The molecule has 0 bridgehead atoms. The van der Waals surface area contributed by atoms with Crippen LogP contribution in [0.2, 0.25) is 0 Å². The second kappa shape index (κ2) is 11.0. The Bertz CT molecular complexity index is 409. The van der Waals surface area contributed by atoms with E-state index >= 15 is 0 Å². The molecule has 0 spiro atoms. The predicted molar refractivity (Wildman–Crippen MR) is 81.8 cm³/mol. The van der Waals surface area contributed by atoms with Crippen LogP contribution >= 0.6 is 0 Å². The molecule has 1 N–H and O–H groups in total. The molecule has 5 nitrogen and oxygen atoms in total. The Kier molecular flexibility index (Phi) is 9.04. The van der Waals surface area contributed by atoms with Crippen LogP contribution in [0.5, 0.6) is 11.5 Å². The van der Waals surface area contributed by atoms with Gasteiger partial charge in [-0.05, 0) is 37.9 Å². The number of hydrogen-bond acceptors (Lipinski definition) is 5.